The summed E-state index contributed by atoms with van der Waals surface area (Å²) in [6.45, 7) is 7.78. The molecule has 2 aromatic rings. The summed E-state index contributed by atoms with van der Waals surface area (Å²) < 4.78 is 0. The molecule has 0 spiro atoms. The third-order valence-electron chi connectivity index (χ3n) is 4.95. The van der Waals surface area contributed by atoms with Gasteiger partial charge in [0.15, 0.2) is 5.13 Å². The third-order valence-corrected chi connectivity index (χ3v) is 5.82. The van der Waals surface area contributed by atoms with Crippen LogP contribution >= 0.6 is 11.3 Å². The second-order valence-corrected chi connectivity index (χ2v) is 7.65. The van der Waals surface area contributed by atoms with Gasteiger partial charge in [0.25, 0.3) is 0 Å². The van der Waals surface area contributed by atoms with E-state index in [1.165, 1.54) is 31.2 Å². The highest BCUT2D eigenvalue weighted by atomic mass is 32.1. The fraction of sp³-hybridized carbons (Fsp3) is 0.500. The molecule has 1 aliphatic carbocycles. The summed E-state index contributed by atoms with van der Waals surface area (Å²) in [6, 6.07) is 8.71. The Morgan fingerprint density at radius 2 is 1.92 bits per heavy atom. The minimum Gasteiger partial charge on any atom is -0.295 e. The lowest BCUT2D eigenvalue weighted by atomic mass is 10.2. The molecule has 0 radical (unpaired) electrons. The van der Waals surface area contributed by atoms with Crippen molar-refractivity contribution < 1.29 is 4.79 Å². The Labute approximate surface area is 154 Å². The van der Waals surface area contributed by atoms with Crippen LogP contribution in [-0.4, -0.2) is 28.4 Å². The summed E-state index contributed by atoms with van der Waals surface area (Å²) in [5.74, 6) is -0.00658. The summed E-state index contributed by atoms with van der Waals surface area (Å²) in [6.07, 6.45) is 5.28. The molecule has 1 aromatic carbocycles. The molecule has 1 amide bonds. The average Bonchev–Trinajstić information content (AvgIpc) is 3.26. The number of aromatic nitrogens is 1. The fourth-order valence-electron chi connectivity index (χ4n) is 3.57. The minimum absolute atomic E-state index is 0.00658. The molecule has 1 saturated carbocycles. The third kappa shape index (κ3) is 4.28. The topological polar surface area (TPSA) is 36.4 Å². The van der Waals surface area contributed by atoms with Gasteiger partial charge in [-0.05, 0) is 38.4 Å². The molecule has 134 valence electrons. The van der Waals surface area contributed by atoms with Crippen molar-refractivity contribution in [2.24, 2.45) is 0 Å². The van der Waals surface area contributed by atoms with Gasteiger partial charge in [0.1, 0.15) is 0 Å². The summed E-state index contributed by atoms with van der Waals surface area (Å²) in [4.78, 5) is 21.2. The van der Waals surface area contributed by atoms with Gasteiger partial charge in [-0.1, -0.05) is 37.5 Å². The van der Waals surface area contributed by atoms with Gasteiger partial charge in [-0.2, -0.15) is 0 Å². The lowest BCUT2D eigenvalue weighted by Gasteiger charge is -2.26. The highest BCUT2D eigenvalue weighted by Gasteiger charge is 2.23. The normalized spacial score (nSPS) is 15.0. The van der Waals surface area contributed by atoms with Gasteiger partial charge < -0.3 is 0 Å². The van der Waals surface area contributed by atoms with E-state index in [4.69, 9.17) is 4.98 Å². The number of hydrogen-bond donors (Lipinski definition) is 0. The van der Waals surface area contributed by atoms with Crippen LogP contribution in [-0.2, 0) is 11.3 Å². The van der Waals surface area contributed by atoms with Gasteiger partial charge in [-0.25, -0.2) is 4.98 Å². The molecule has 0 N–H and O–H groups in total. The fourth-order valence-corrected chi connectivity index (χ4v) is 4.45. The van der Waals surface area contributed by atoms with E-state index in [2.05, 4.69) is 17.2 Å². The maximum absolute atomic E-state index is 12.2. The first kappa shape index (κ1) is 18.1. The number of anilines is 2. The Morgan fingerprint density at radius 3 is 2.52 bits per heavy atom. The predicted molar refractivity (Wildman–Crippen MR) is 104 cm³/mol. The van der Waals surface area contributed by atoms with E-state index in [0.29, 0.717) is 6.04 Å². The highest BCUT2D eigenvalue weighted by molar-refractivity contribution is 7.14. The van der Waals surface area contributed by atoms with Crippen molar-refractivity contribution in [1.29, 1.82) is 0 Å². The second kappa shape index (κ2) is 8.11. The van der Waals surface area contributed by atoms with E-state index in [0.717, 1.165) is 29.6 Å². The van der Waals surface area contributed by atoms with Gasteiger partial charge in [-0.15, -0.1) is 11.3 Å². The number of nitrogens with zero attached hydrogens (tertiary/aromatic N) is 3. The first-order chi connectivity index (χ1) is 12.1. The van der Waals surface area contributed by atoms with Crippen LogP contribution in [0.3, 0.4) is 0 Å². The lowest BCUT2D eigenvalue weighted by molar-refractivity contribution is -0.115. The van der Waals surface area contributed by atoms with Crippen LogP contribution < -0.4 is 4.90 Å². The van der Waals surface area contributed by atoms with Gasteiger partial charge in [0, 0.05) is 24.9 Å². The summed E-state index contributed by atoms with van der Waals surface area (Å²) in [5.41, 5.74) is 3.12. The summed E-state index contributed by atoms with van der Waals surface area (Å²) in [7, 11) is 0. The molecular formula is C20H27N3OS. The predicted octanol–water partition coefficient (Wildman–Crippen LogP) is 4.90. The molecule has 1 aliphatic rings. The van der Waals surface area contributed by atoms with Crippen LogP contribution in [0, 0.1) is 6.92 Å². The lowest BCUT2D eigenvalue weighted by Crippen LogP contribution is -2.32. The van der Waals surface area contributed by atoms with Crippen molar-refractivity contribution in [3.63, 3.8) is 0 Å². The first-order valence-electron chi connectivity index (χ1n) is 9.14. The average molecular weight is 358 g/mol. The maximum Gasteiger partial charge on any atom is 0.230 e. The maximum atomic E-state index is 12.2. The van der Waals surface area contributed by atoms with Crippen LogP contribution in [0.15, 0.2) is 29.6 Å². The smallest absolute Gasteiger partial charge is 0.230 e. The molecule has 1 heterocycles. The number of carbonyl (C=O) groups excluding carboxylic acids is 1. The molecule has 1 fully saturated rings. The van der Waals surface area contributed by atoms with Crippen molar-refractivity contribution in [3.05, 3.63) is 40.9 Å². The quantitative estimate of drug-likeness (QED) is 0.738. The Kier molecular flexibility index (Phi) is 5.86. The Balaban J connectivity index is 1.78. The molecule has 0 unspecified atom stereocenters. The monoisotopic (exact) mass is 357 g/mol. The standard InChI is InChI=1S/C20H27N3OS/c1-4-22(18-7-5-6-8-18)13-17-14-25-20(21-17)23(16(3)24)19-11-9-15(2)10-12-19/h9-12,14,18H,4-8,13H2,1-3H3. The van der Waals surface area contributed by atoms with Crippen molar-refractivity contribution in [2.45, 2.75) is 59.0 Å². The summed E-state index contributed by atoms with van der Waals surface area (Å²) in [5, 5.41) is 2.85. The van der Waals surface area contributed by atoms with Crippen molar-refractivity contribution in [3.8, 4) is 0 Å². The zero-order valence-corrected chi connectivity index (χ0v) is 16.2. The van der Waals surface area contributed by atoms with Crippen LogP contribution in [0.4, 0.5) is 10.8 Å². The number of aryl methyl sites for hydroxylation is 1. The van der Waals surface area contributed by atoms with Gasteiger partial charge in [0.05, 0.1) is 11.4 Å². The highest BCUT2D eigenvalue weighted by Crippen LogP contribution is 2.30. The number of thiazole rings is 1. The van der Waals surface area contributed by atoms with Crippen LogP contribution in [0.1, 0.15) is 50.8 Å². The molecular weight excluding hydrogens is 330 g/mol. The number of hydrogen-bond acceptors (Lipinski definition) is 4. The molecule has 0 atom stereocenters. The number of rotatable bonds is 6. The molecule has 0 bridgehead atoms. The SMILES string of the molecule is CCN(Cc1csc(N(C(C)=O)c2ccc(C)cc2)n1)C1CCCC1. The van der Waals surface area contributed by atoms with Crippen molar-refractivity contribution in [1.82, 2.24) is 9.88 Å². The number of benzene rings is 1. The van der Waals surface area contributed by atoms with E-state index >= 15 is 0 Å². The zero-order chi connectivity index (χ0) is 17.8. The molecule has 3 rings (SSSR count). The molecule has 0 aliphatic heterocycles. The van der Waals surface area contributed by atoms with Crippen molar-refractivity contribution >= 4 is 28.1 Å². The van der Waals surface area contributed by atoms with Gasteiger partial charge >= 0.3 is 0 Å². The van der Waals surface area contributed by atoms with Gasteiger partial charge in [-0.3, -0.25) is 14.6 Å². The first-order valence-corrected chi connectivity index (χ1v) is 10.0. The molecule has 1 aromatic heterocycles. The van der Waals surface area contributed by atoms with E-state index in [1.807, 2.05) is 31.2 Å². The molecule has 5 heteroatoms. The Bertz CT molecular complexity index is 704. The molecule has 0 saturated heterocycles. The summed E-state index contributed by atoms with van der Waals surface area (Å²) >= 11 is 1.55. The van der Waals surface area contributed by atoms with E-state index < -0.39 is 0 Å². The van der Waals surface area contributed by atoms with Crippen LogP contribution in [0.2, 0.25) is 0 Å². The molecule has 25 heavy (non-hydrogen) atoms. The largest absolute Gasteiger partial charge is 0.295 e. The van der Waals surface area contributed by atoms with Crippen LogP contribution in [0.5, 0.6) is 0 Å². The molecule has 4 nitrogen and oxygen atoms in total. The van der Waals surface area contributed by atoms with Gasteiger partial charge in [0.2, 0.25) is 5.91 Å². The second-order valence-electron chi connectivity index (χ2n) is 6.81. The minimum atomic E-state index is -0.00658. The van der Waals surface area contributed by atoms with E-state index in [-0.39, 0.29) is 5.91 Å². The zero-order valence-electron chi connectivity index (χ0n) is 15.4. The number of carbonyl (C=O) groups is 1. The van der Waals surface area contributed by atoms with Crippen LogP contribution in [0.25, 0.3) is 0 Å². The number of amides is 1. The van der Waals surface area contributed by atoms with Crippen molar-refractivity contribution in [2.75, 3.05) is 11.4 Å². The van der Waals surface area contributed by atoms with E-state index in [1.54, 1.807) is 23.2 Å². The Morgan fingerprint density at radius 1 is 1.24 bits per heavy atom. The van der Waals surface area contributed by atoms with E-state index in [9.17, 15) is 4.79 Å². The Hall–Kier alpha value is -1.72.